The third-order valence-corrected chi connectivity index (χ3v) is 10.9. The van der Waals surface area contributed by atoms with E-state index >= 15 is 0 Å². The maximum atomic E-state index is 13.1. The van der Waals surface area contributed by atoms with Crippen LogP contribution in [0.3, 0.4) is 0 Å². The number of aliphatic hydroxyl groups is 2. The fraction of sp³-hybridized carbons (Fsp3) is 0.744. The molecule has 0 saturated carbocycles. The Morgan fingerprint density at radius 2 is 1.58 bits per heavy atom. The van der Waals surface area contributed by atoms with E-state index < -0.39 is 71.1 Å². The first-order chi connectivity index (χ1) is 24.3. The van der Waals surface area contributed by atoms with Crippen LogP contribution in [0, 0.1) is 10.8 Å². The van der Waals surface area contributed by atoms with Crippen molar-refractivity contribution in [1.82, 2.24) is 0 Å². The van der Waals surface area contributed by atoms with Crippen molar-refractivity contribution in [2.24, 2.45) is 10.8 Å². The van der Waals surface area contributed by atoms with Gasteiger partial charge in [-0.15, -0.1) is 0 Å². The minimum Gasteiger partial charge on any atom is -0.466 e. The van der Waals surface area contributed by atoms with Crippen molar-refractivity contribution < 1.29 is 62.5 Å². The Labute approximate surface area is 307 Å². The highest BCUT2D eigenvalue weighted by molar-refractivity contribution is 5.83. The van der Waals surface area contributed by atoms with Crippen molar-refractivity contribution in [3.05, 3.63) is 35.5 Å². The van der Waals surface area contributed by atoms with Crippen LogP contribution in [0.5, 0.6) is 0 Å². The van der Waals surface area contributed by atoms with Crippen LogP contribution in [0.1, 0.15) is 106 Å². The summed E-state index contributed by atoms with van der Waals surface area (Å²) in [5, 5.41) is 22.9. The molecule has 6 bridgehead atoms. The van der Waals surface area contributed by atoms with Crippen LogP contribution in [0.4, 0.5) is 0 Å². The van der Waals surface area contributed by atoms with Gasteiger partial charge in [0.15, 0.2) is 5.79 Å². The van der Waals surface area contributed by atoms with Gasteiger partial charge in [0.25, 0.3) is 0 Å². The molecule has 4 aliphatic heterocycles. The van der Waals surface area contributed by atoms with E-state index in [1.807, 2.05) is 26.0 Å². The van der Waals surface area contributed by atoms with E-state index in [-0.39, 0.29) is 43.9 Å². The van der Waals surface area contributed by atoms with Gasteiger partial charge in [-0.25, -0.2) is 9.59 Å². The van der Waals surface area contributed by atoms with Gasteiger partial charge < -0.3 is 43.4 Å². The van der Waals surface area contributed by atoms with E-state index in [9.17, 15) is 29.4 Å². The molecule has 0 spiro atoms. The Morgan fingerprint density at radius 1 is 0.923 bits per heavy atom. The quantitative estimate of drug-likeness (QED) is 0.178. The Morgan fingerprint density at radius 3 is 2.21 bits per heavy atom. The van der Waals surface area contributed by atoms with Gasteiger partial charge in [-0.2, -0.15) is 0 Å². The zero-order valence-electron chi connectivity index (χ0n) is 31.9. The Kier molecular flexibility index (Phi) is 13.9. The normalized spacial score (nSPS) is 36.8. The summed E-state index contributed by atoms with van der Waals surface area (Å²) in [5.74, 6) is -3.76. The summed E-state index contributed by atoms with van der Waals surface area (Å²) in [6.07, 6.45) is 4.79. The van der Waals surface area contributed by atoms with E-state index in [1.165, 1.54) is 40.2 Å². The predicted molar refractivity (Wildman–Crippen MR) is 187 cm³/mol. The van der Waals surface area contributed by atoms with Crippen molar-refractivity contribution in [3.63, 3.8) is 0 Å². The number of carbonyl (C=O) groups is 4. The number of rotatable bonds is 4. The zero-order chi connectivity index (χ0) is 38.4. The molecule has 52 heavy (non-hydrogen) atoms. The minimum absolute atomic E-state index is 0.00448. The number of carbonyl (C=O) groups excluding carboxylic acids is 4. The van der Waals surface area contributed by atoms with E-state index in [0.29, 0.717) is 44.1 Å². The summed E-state index contributed by atoms with van der Waals surface area (Å²) in [6, 6.07) is 0. The first kappa shape index (κ1) is 41.7. The second kappa shape index (κ2) is 17.4. The molecule has 3 saturated heterocycles. The number of fused-ring (bicyclic) bond motifs is 6. The smallest absolute Gasteiger partial charge is 0.330 e. The first-order valence-corrected chi connectivity index (χ1v) is 18.3. The standard InChI is InChI=1S/C39H58O13/c1-23(40)31-19-30-16-26(18-36(44)47-8)22-39(45,52-30)37(3,4)13-12-28-14-25(17-35(43)46-7)15-29(49-28)21-33-38(5,6)32(48-24(2)41)20-27(50-33)10-9-11-34(42)51-31/h12-13,17-18,23,27-33,40,45H,9-11,14-16,19-22H2,1-8H3/b13-12+,25-17+,26-18+/t23-,27?,28?,29?,30+,31-,32?,33?,39-/m1/s1. The SMILES string of the molecule is COC(=O)/C=C1\CC2/C=C/C(C)(C)[C@@]3(O)C/C(=C/C(=O)OC)C[C@@H](C[C@H]([C@@H](C)O)OC(=O)CCCC4CC(OC(C)=O)C(C)(C)C(CC(C1)O2)O4)O3. The molecule has 13 nitrogen and oxygen atoms in total. The van der Waals surface area contributed by atoms with Crippen LogP contribution >= 0.6 is 0 Å². The molecule has 5 unspecified atom stereocenters. The summed E-state index contributed by atoms with van der Waals surface area (Å²) in [6.45, 7) is 10.5. The van der Waals surface area contributed by atoms with Crippen LogP contribution in [-0.4, -0.2) is 103 Å². The van der Waals surface area contributed by atoms with E-state index in [1.54, 1.807) is 13.8 Å². The van der Waals surface area contributed by atoms with Gasteiger partial charge in [0.1, 0.15) is 12.2 Å². The lowest BCUT2D eigenvalue weighted by Crippen LogP contribution is -2.53. The molecule has 0 amide bonds. The van der Waals surface area contributed by atoms with Crippen molar-refractivity contribution in [2.45, 2.75) is 160 Å². The number of hydrogen-bond acceptors (Lipinski definition) is 13. The average molecular weight is 735 g/mol. The highest BCUT2D eigenvalue weighted by atomic mass is 16.6. The topological polar surface area (TPSA) is 173 Å². The summed E-state index contributed by atoms with van der Waals surface area (Å²) in [5.41, 5.74) is -0.224. The molecule has 0 radical (unpaired) electrons. The summed E-state index contributed by atoms with van der Waals surface area (Å²) in [4.78, 5) is 50.0. The van der Waals surface area contributed by atoms with Crippen molar-refractivity contribution >= 4 is 23.9 Å². The van der Waals surface area contributed by atoms with Gasteiger partial charge in [0, 0.05) is 62.0 Å². The fourth-order valence-electron chi connectivity index (χ4n) is 7.63. The summed E-state index contributed by atoms with van der Waals surface area (Å²) < 4.78 is 41.1. The third-order valence-electron chi connectivity index (χ3n) is 10.9. The van der Waals surface area contributed by atoms with Gasteiger partial charge in [0.2, 0.25) is 0 Å². The maximum Gasteiger partial charge on any atom is 0.330 e. The Bertz CT molecular complexity index is 1390. The summed E-state index contributed by atoms with van der Waals surface area (Å²) >= 11 is 0. The van der Waals surface area contributed by atoms with Crippen LogP contribution in [0.15, 0.2) is 35.5 Å². The second-order valence-corrected chi connectivity index (χ2v) is 15.9. The van der Waals surface area contributed by atoms with Crippen LogP contribution in [-0.2, 0) is 52.3 Å². The van der Waals surface area contributed by atoms with Crippen molar-refractivity contribution in [3.8, 4) is 0 Å². The maximum absolute atomic E-state index is 13.1. The monoisotopic (exact) mass is 734 g/mol. The lowest BCUT2D eigenvalue weighted by atomic mass is 9.73. The highest BCUT2D eigenvalue weighted by Crippen LogP contribution is 2.46. The molecule has 13 heteroatoms. The second-order valence-electron chi connectivity index (χ2n) is 15.9. The van der Waals surface area contributed by atoms with Gasteiger partial charge in [-0.05, 0) is 39.0 Å². The molecule has 0 aromatic heterocycles. The molecule has 0 aliphatic carbocycles. The molecule has 0 aromatic carbocycles. The van der Waals surface area contributed by atoms with E-state index in [4.69, 9.17) is 33.2 Å². The van der Waals surface area contributed by atoms with E-state index in [2.05, 4.69) is 0 Å². The first-order valence-electron chi connectivity index (χ1n) is 18.3. The Hall–Kier alpha value is -3.10. The molecular formula is C39H58O13. The molecule has 4 aliphatic rings. The lowest BCUT2D eigenvalue weighted by molar-refractivity contribution is -0.289. The van der Waals surface area contributed by atoms with Crippen LogP contribution in [0.25, 0.3) is 0 Å². The molecule has 2 N–H and O–H groups in total. The zero-order valence-corrected chi connectivity index (χ0v) is 31.9. The lowest BCUT2D eigenvalue weighted by Gasteiger charge is -2.48. The number of hydrogen-bond donors (Lipinski definition) is 2. The molecule has 0 aromatic rings. The van der Waals surface area contributed by atoms with Gasteiger partial charge in [-0.3, -0.25) is 9.59 Å². The van der Waals surface area contributed by atoms with Gasteiger partial charge in [-0.1, -0.05) is 51.0 Å². The minimum atomic E-state index is -1.82. The number of methoxy groups -OCH3 is 2. The molecule has 3 fully saturated rings. The van der Waals surface area contributed by atoms with Gasteiger partial charge in [0.05, 0.1) is 50.8 Å². The summed E-state index contributed by atoms with van der Waals surface area (Å²) in [7, 11) is 2.60. The number of cyclic esters (lactones) is 1. The highest BCUT2D eigenvalue weighted by Gasteiger charge is 2.50. The molecular weight excluding hydrogens is 676 g/mol. The van der Waals surface area contributed by atoms with Gasteiger partial charge >= 0.3 is 23.9 Å². The number of esters is 4. The predicted octanol–water partition coefficient (Wildman–Crippen LogP) is 4.55. The fourth-order valence-corrected chi connectivity index (χ4v) is 7.63. The van der Waals surface area contributed by atoms with Crippen LogP contribution in [0.2, 0.25) is 0 Å². The molecule has 9 atom stereocenters. The number of ether oxygens (including phenoxy) is 7. The van der Waals surface area contributed by atoms with Crippen molar-refractivity contribution in [2.75, 3.05) is 14.2 Å². The van der Waals surface area contributed by atoms with Crippen molar-refractivity contribution in [1.29, 1.82) is 0 Å². The molecule has 292 valence electrons. The molecule has 4 heterocycles. The number of aliphatic hydroxyl groups excluding tert-OH is 1. The van der Waals surface area contributed by atoms with E-state index in [0.717, 1.165) is 5.57 Å². The molecule has 4 rings (SSSR count). The largest absolute Gasteiger partial charge is 0.466 e. The Balaban J connectivity index is 1.75. The van der Waals surface area contributed by atoms with Crippen LogP contribution < -0.4 is 0 Å². The average Bonchev–Trinajstić information content (AvgIpc) is 3.04. The third kappa shape index (κ3) is 10.7.